The Bertz CT molecular complexity index is 569. The molecule has 0 bridgehead atoms. The van der Waals surface area contributed by atoms with Gasteiger partial charge in [0, 0.05) is 19.6 Å². The highest BCUT2D eigenvalue weighted by atomic mass is 79.9. The molecule has 2 amide bonds. The van der Waals surface area contributed by atoms with Crippen molar-refractivity contribution in [2.75, 3.05) is 26.2 Å². The number of hydrogen-bond donors (Lipinski definition) is 2. The standard InChI is InChI=1S/C16H22BrN3O3/c17-14-6-5-13(23-14)16(22)20-8-2-3-11(10-20)9-19-15(21)12-4-1-7-18-12/h5-6,11-12,18H,1-4,7-10H2,(H,19,21). The minimum atomic E-state index is -0.0795. The zero-order chi connectivity index (χ0) is 16.2. The van der Waals surface area contributed by atoms with Crippen LogP contribution in [0.1, 0.15) is 36.2 Å². The minimum Gasteiger partial charge on any atom is -0.444 e. The predicted octanol–water partition coefficient (Wildman–Crippen LogP) is 1.76. The van der Waals surface area contributed by atoms with Crippen molar-refractivity contribution in [2.45, 2.75) is 31.7 Å². The molecule has 0 aromatic carbocycles. The Morgan fingerprint density at radius 2 is 2.22 bits per heavy atom. The molecule has 2 fully saturated rings. The van der Waals surface area contributed by atoms with Crippen molar-refractivity contribution in [3.05, 3.63) is 22.6 Å². The zero-order valence-electron chi connectivity index (χ0n) is 13.0. The third-order valence-electron chi connectivity index (χ3n) is 4.53. The molecule has 0 aliphatic carbocycles. The van der Waals surface area contributed by atoms with Crippen molar-refractivity contribution in [2.24, 2.45) is 5.92 Å². The summed E-state index contributed by atoms with van der Waals surface area (Å²) >= 11 is 3.22. The summed E-state index contributed by atoms with van der Waals surface area (Å²) < 4.78 is 5.91. The molecule has 3 heterocycles. The maximum absolute atomic E-state index is 12.4. The van der Waals surface area contributed by atoms with Gasteiger partial charge in [-0.15, -0.1) is 0 Å². The fraction of sp³-hybridized carbons (Fsp3) is 0.625. The Balaban J connectivity index is 1.49. The fourth-order valence-electron chi connectivity index (χ4n) is 3.28. The van der Waals surface area contributed by atoms with Crippen molar-refractivity contribution >= 4 is 27.7 Å². The molecule has 2 aliphatic rings. The molecule has 7 heteroatoms. The Labute approximate surface area is 144 Å². The highest BCUT2D eigenvalue weighted by molar-refractivity contribution is 9.10. The highest BCUT2D eigenvalue weighted by Gasteiger charge is 2.27. The molecule has 2 saturated heterocycles. The van der Waals surface area contributed by atoms with Crippen LogP contribution in [0.5, 0.6) is 0 Å². The number of hydrogen-bond acceptors (Lipinski definition) is 4. The van der Waals surface area contributed by atoms with Crippen LogP contribution in [0.4, 0.5) is 0 Å². The number of halogens is 1. The van der Waals surface area contributed by atoms with Gasteiger partial charge in [0.25, 0.3) is 5.91 Å². The summed E-state index contributed by atoms with van der Waals surface area (Å²) in [6.07, 6.45) is 3.96. The Morgan fingerprint density at radius 1 is 1.35 bits per heavy atom. The average molecular weight is 384 g/mol. The number of furan rings is 1. The predicted molar refractivity (Wildman–Crippen MR) is 89.1 cm³/mol. The maximum atomic E-state index is 12.4. The van der Waals surface area contributed by atoms with E-state index in [1.807, 2.05) is 4.90 Å². The number of carbonyl (C=O) groups is 2. The van der Waals surface area contributed by atoms with E-state index in [1.165, 1.54) is 0 Å². The summed E-state index contributed by atoms with van der Waals surface area (Å²) in [7, 11) is 0. The largest absolute Gasteiger partial charge is 0.444 e. The van der Waals surface area contributed by atoms with Crippen LogP contribution < -0.4 is 10.6 Å². The van der Waals surface area contributed by atoms with Gasteiger partial charge in [-0.3, -0.25) is 9.59 Å². The van der Waals surface area contributed by atoms with E-state index < -0.39 is 0 Å². The third kappa shape index (κ3) is 4.14. The smallest absolute Gasteiger partial charge is 0.289 e. The second-order valence-corrected chi connectivity index (χ2v) is 7.04. The van der Waals surface area contributed by atoms with Gasteiger partial charge in [0.1, 0.15) is 0 Å². The number of rotatable bonds is 4. The number of amides is 2. The van der Waals surface area contributed by atoms with Crippen molar-refractivity contribution in [1.29, 1.82) is 0 Å². The quantitative estimate of drug-likeness (QED) is 0.830. The molecule has 6 nitrogen and oxygen atoms in total. The fourth-order valence-corrected chi connectivity index (χ4v) is 3.58. The Hall–Kier alpha value is -1.34. The molecule has 0 spiro atoms. The van der Waals surface area contributed by atoms with E-state index in [4.69, 9.17) is 4.42 Å². The molecule has 23 heavy (non-hydrogen) atoms. The SMILES string of the molecule is O=C(NCC1CCCN(C(=O)c2ccc(Br)o2)C1)C1CCCN1. The summed E-state index contributed by atoms with van der Waals surface area (Å²) in [5, 5.41) is 6.23. The molecular weight excluding hydrogens is 362 g/mol. The van der Waals surface area contributed by atoms with E-state index in [-0.39, 0.29) is 17.9 Å². The van der Waals surface area contributed by atoms with Gasteiger partial charge in [-0.2, -0.15) is 0 Å². The van der Waals surface area contributed by atoms with Crippen LogP contribution >= 0.6 is 15.9 Å². The first-order valence-corrected chi connectivity index (χ1v) is 8.98. The van der Waals surface area contributed by atoms with E-state index in [1.54, 1.807) is 12.1 Å². The van der Waals surface area contributed by atoms with Gasteiger partial charge in [-0.25, -0.2) is 0 Å². The molecule has 2 N–H and O–H groups in total. The van der Waals surface area contributed by atoms with E-state index in [0.29, 0.717) is 29.4 Å². The van der Waals surface area contributed by atoms with E-state index >= 15 is 0 Å². The lowest BCUT2D eigenvalue weighted by atomic mass is 9.97. The van der Waals surface area contributed by atoms with Crippen LogP contribution in [0.3, 0.4) is 0 Å². The normalized spacial score (nSPS) is 24.7. The lowest BCUT2D eigenvalue weighted by Crippen LogP contribution is -2.46. The van der Waals surface area contributed by atoms with E-state index in [0.717, 1.165) is 38.8 Å². The topological polar surface area (TPSA) is 74.6 Å². The molecule has 2 atom stereocenters. The monoisotopic (exact) mass is 383 g/mol. The summed E-state index contributed by atoms with van der Waals surface area (Å²) in [5.74, 6) is 0.665. The molecular formula is C16H22BrN3O3. The number of carbonyl (C=O) groups excluding carboxylic acids is 2. The van der Waals surface area contributed by atoms with Gasteiger partial charge in [0.2, 0.25) is 5.91 Å². The Kier molecular flexibility index (Phi) is 5.38. The molecule has 2 unspecified atom stereocenters. The van der Waals surface area contributed by atoms with Crippen LogP contribution in [0.25, 0.3) is 0 Å². The van der Waals surface area contributed by atoms with E-state index in [2.05, 4.69) is 26.6 Å². The summed E-state index contributed by atoms with van der Waals surface area (Å²) in [5.41, 5.74) is 0. The van der Waals surface area contributed by atoms with Crippen LogP contribution in [0, 0.1) is 5.92 Å². The van der Waals surface area contributed by atoms with Gasteiger partial charge in [0.05, 0.1) is 6.04 Å². The van der Waals surface area contributed by atoms with Crippen molar-refractivity contribution < 1.29 is 14.0 Å². The second-order valence-electron chi connectivity index (χ2n) is 6.26. The average Bonchev–Trinajstić information content (AvgIpc) is 3.24. The number of nitrogens with zero attached hydrogens (tertiary/aromatic N) is 1. The third-order valence-corrected chi connectivity index (χ3v) is 4.96. The van der Waals surface area contributed by atoms with Crippen molar-refractivity contribution in [3.63, 3.8) is 0 Å². The first-order chi connectivity index (χ1) is 11.1. The lowest BCUT2D eigenvalue weighted by Gasteiger charge is -2.32. The summed E-state index contributed by atoms with van der Waals surface area (Å²) in [6.45, 7) is 2.95. The molecule has 3 rings (SSSR count). The zero-order valence-corrected chi connectivity index (χ0v) is 14.6. The van der Waals surface area contributed by atoms with Crippen molar-refractivity contribution in [1.82, 2.24) is 15.5 Å². The Morgan fingerprint density at radius 3 is 2.91 bits per heavy atom. The lowest BCUT2D eigenvalue weighted by molar-refractivity contribution is -0.123. The first-order valence-electron chi connectivity index (χ1n) is 8.19. The van der Waals surface area contributed by atoms with Crippen LogP contribution in [-0.2, 0) is 4.79 Å². The minimum absolute atomic E-state index is 0.0446. The van der Waals surface area contributed by atoms with E-state index in [9.17, 15) is 9.59 Å². The molecule has 2 aliphatic heterocycles. The summed E-state index contributed by atoms with van der Waals surface area (Å²) in [4.78, 5) is 26.3. The second kappa shape index (κ2) is 7.49. The maximum Gasteiger partial charge on any atom is 0.289 e. The number of likely N-dealkylation sites (tertiary alicyclic amines) is 1. The van der Waals surface area contributed by atoms with Crippen molar-refractivity contribution in [3.8, 4) is 0 Å². The van der Waals surface area contributed by atoms with Gasteiger partial charge < -0.3 is 20.0 Å². The molecule has 1 aromatic rings. The number of piperidine rings is 1. The van der Waals surface area contributed by atoms with Crippen LogP contribution in [0.2, 0.25) is 0 Å². The van der Waals surface area contributed by atoms with Gasteiger partial charge in [-0.1, -0.05) is 0 Å². The number of nitrogens with one attached hydrogen (secondary N) is 2. The molecule has 1 aromatic heterocycles. The summed E-state index contributed by atoms with van der Waals surface area (Å²) in [6, 6.07) is 3.37. The molecule has 126 valence electrons. The highest BCUT2D eigenvalue weighted by Crippen LogP contribution is 2.21. The van der Waals surface area contributed by atoms with Crippen LogP contribution in [0.15, 0.2) is 21.2 Å². The van der Waals surface area contributed by atoms with Crippen LogP contribution in [-0.4, -0.2) is 48.9 Å². The van der Waals surface area contributed by atoms with Gasteiger partial charge in [-0.05, 0) is 66.2 Å². The molecule has 0 radical (unpaired) electrons. The van der Waals surface area contributed by atoms with Gasteiger partial charge in [0.15, 0.2) is 10.4 Å². The first kappa shape index (κ1) is 16.5. The molecule has 0 saturated carbocycles. The van der Waals surface area contributed by atoms with Gasteiger partial charge >= 0.3 is 0 Å².